The summed E-state index contributed by atoms with van der Waals surface area (Å²) in [5.74, 6) is 0.167. The van der Waals surface area contributed by atoms with Crippen molar-refractivity contribution in [2.24, 2.45) is 0 Å². The van der Waals surface area contributed by atoms with Gasteiger partial charge in [-0.15, -0.1) is 0 Å². The molecule has 0 aliphatic carbocycles. The Morgan fingerprint density at radius 3 is 2.87 bits per heavy atom. The van der Waals surface area contributed by atoms with Crippen LogP contribution in [0.2, 0.25) is 5.02 Å². The van der Waals surface area contributed by atoms with E-state index in [0.717, 1.165) is 29.6 Å². The van der Waals surface area contributed by atoms with Crippen molar-refractivity contribution in [3.8, 4) is 16.9 Å². The number of pyridine rings is 1. The number of amides is 1. The third-order valence-electron chi connectivity index (χ3n) is 5.38. The lowest BCUT2D eigenvalue weighted by molar-refractivity contribution is -0.140. The molecule has 7 heteroatoms. The number of ether oxygens (including phenoxy) is 1. The quantitative estimate of drug-likeness (QED) is 0.675. The Kier molecular flexibility index (Phi) is 5.88. The number of nitrogens with one attached hydrogen (secondary N) is 1. The normalized spacial score (nSPS) is 17.7. The number of aromatic nitrogens is 1. The molecule has 0 radical (unpaired) electrons. The van der Waals surface area contributed by atoms with Gasteiger partial charge in [-0.3, -0.25) is 9.78 Å². The van der Waals surface area contributed by atoms with Crippen molar-refractivity contribution < 1.29 is 13.9 Å². The van der Waals surface area contributed by atoms with Crippen LogP contribution in [0.1, 0.15) is 13.8 Å². The van der Waals surface area contributed by atoms with Gasteiger partial charge in [-0.1, -0.05) is 11.6 Å². The van der Waals surface area contributed by atoms with Gasteiger partial charge < -0.3 is 15.0 Å². The minimum atomic E-state index is -0.599. The van der Waals surface area contributed by atoms with Crippen molar-refractivity contribution in [2.45, 2.75) is 26.0 Å². The van der Waals surface area contributed by atoms with Crippen LogP contribution >= 0.6 is 11.6 Å². The van der Waals surface area contributed by atoms with Gasteiger partial charge >= 0.3 is 0 Å². The van der Waals surface area contributed by atoms with Crippen molar-refractivity contribution in [1.29, 1.82) is 0 Å². The summed E-state index contributed by atoms with van der Waals surface area (Å²) in [5.41, 5.74) is 2.30. The Morgan fingerprint density at radius 1 is 1.27 bits per heavy atom. The zero-order valence-electron chi connectivity index (χ0n) is 16.9. The predicted octanol–water partition coefficient (Wildman–Crippen LogP) is 4.28. The molecule has 0 spiro atoms. The topological polar surface area (TPSA) is 54.5 Å². The standard InChI is InChI=1S/C23H23ClFN3O2/c1-14-13-26-9-10-28(14)23(29)15(2)30-17-4-6-20-18(7-8-27-22(20)12-17)19-5-3-16(25)11-21(19)24/h3-8,11-12,14-15,26H,9-10,13H2,1-2H3/t14?,15-/m1/s1. The van der Waals surface area contributed by atoms with Gasteiger partial charge in [0.2, 0.25) is 0 Å². The van der Waals surface area contributed by atoms with Crippen molar-refractivity contribution >= 4 is 28.4 Å². The number of benzene rings is 2. The van der Waals surface area contributed by atoms with E-state index < -0.39 is 6.10 Å². The fourth-order valence-corrected chi connectivity index (χ4v) is 4.07. The molecular weight excluding hydrogens is 405 g/mol. The van der Waals surface area contributed by atoms with E-state index in [1.165, 1.54) is 12.1 Å². The van der Waals surface area contributed by atoms with Crippen LogP contribution in [-0.4, -0.2) is 47.6 Å². The van der Waals surface area contributed by atoms with Crippen LogP contribution < -0.4 is 10.1 Å². The molecular formula is C23H23ClFN3O2. The fourth-order valence-electron chi connectivity index (χ4n) is 3.80. The molecule has 2 heterocycles. The maximum Gasteiger partial charge on any atom is 0.263 e. The molecule has 1 saturated heterocycles. The highest BCUT2D eigenvalue weighted by Gasteiger charge is 2.28. The van der Waals surface area contributed by atoms with Crippen LogP contribution in [0.5, 0.6) is 5.75 Å². The van der Waals surface area contributed by atoms with Gasteiger partial charge in [0, 0.05) is 48.9 Å². The number of rotatable bonds is 4. The maximum atomic E-state index is 13.4. The minimum Gasteiger partial charge on any atom is -0.481 e. The van der Waals surface area contributed by atoms with Crippen LogP contribution in [0, 0.1) is 5.82 Å². The molecule has 5 nitrogen and oxygen atoms in total. The first-order valence-electron chi connectivity index (χ1n) is 9.96. The highest BCUT2D eigenvalue weighted by Crippen LogP contribution is 2.34. The molecule has 1 amide bonds. The first-order chi connectivity index (χ1) is 14.4. The van der Waals surface area contributed by atoms with Gasteiger partial charge in [0.05, 0.1) is 10.5 Å². The monoisotopic (exact) mass is 427 g/mol. The summed E-state index contributed by atoms with van der Waals surface area (Å²) in [6.45, 7) is 6.04. The summed E-state index contributed by atoms with van der Waals surface area (Å²) in [5, 5.41) is 4.49. The Bertz CT molecular complexity index is 1090. The first-order valence-corrected chi connectivity index (χ1v) is 10.3. The lowest BCUT2D eigenvalue weighted by atomic mass is 10.0. The molecule has 30 heavy (non-hydrogen) atoms. The number of halogens is 2. The van der Waals surface area contributed by atoms with Crippen LogP contribution in [-0.2, 0) is 4.79 Å². The third kappa shape index (κ3) is 4.11. The lowest BCUT2D eigenvalue weighted by Gasteiger charge is -2.35. The third-order valence-corrected chi connectivity index (χ3v) is 5.69. The molecule has 0 bridgehead atoms. The first kappa shape index (κ1) is 20.6. The number of nitrogens with zero attached hydrogens (tertiary/aromatic N) is 2. The molecule has 4 rings (SSSR count). The molecule has 3 aromatic rings. The van der Waals surface area contributed by atoms with Crippen LogP contribution in [0.3, 0.4) is 0 Å². The summed E-state index contributed by atoms with van der Waals surface area (Å²) in [6.07, 6.45) is 1.08. The second-order valence-electron chi connectivity index (χ2n) is 7.51. The number of fused-ring (bicyclic) bond motifs is 1. The highest BCUT2D eigenvalue weighted by molar-refractivity contribution is 6.33. The smallest absolute Gasteiger partial charge is 0.263 e. The number of piperazine rings is 1. The minimum absolute atomic E-state index is 0.0242. The van der Waals surface area contributed by atoms with Gasteiger partial charge in [-0.05, 0) is 55.8 Å². The average Bonchev–Trinajstić information content (AvgIpc) is 2.73. The van der Waals surface area contributed by atoms with E-state index in [9.17, 15) is 9.18 Å². The van der Waals surface area contributed by atoms with Crippen molar-refractivity contribution in [2.75, 3.05) is 19.6 Å². The van der Waals surface area contributed by atoms with Crippen molar-refractivity contribution in [3.63, 3.8) is 0 Å². The summed E-state index contributed by atoms with van der Waals surface area (Å²) in [6, 6.07) is 11.8. The molecule has 2 atom stereocenters. The second kappa shape index (κ2) is 8.58. The molecule has 1 fully saturated rings. The zero-order valence-corrected chi connectivity index (χ0v) is 17.6. The summed E-state index contributed by atoms with van der Waals surface area (Å²) in [7, 11) is 0. The fraction of sp³-hybridized carbons (Fsp3) is 0.304. The van der Waals surface area contributed by atoms with Crippen LogP contribution in [0.25, 0.3) is 22.0 Å². The van der Waals surface area contributed by atoms with E-state index in [2.05, 4.69) is 10.3 Å². The number of hydrogen-bond acceptors (Lipinski definition) is 4. The van der Waals surface area contributed by atoms with E-state index in [1.54, 1.807) is 25.3 Å². The van der Waals surface area contributed by atoms with E-state index >= 15 is 0 Å². The molecule has 1 N–H and O–H groups in total. The van der Waals surface area contributed by atoms with Crippen LogP contribution in [0.4, 0.5) is 4.39 Å². The predicted molar refractivity (Wildman–Crippen MR) is 116 cm³/mol. The van der Waals surface area contributed by atoms with Crippen LogP contribution in [0.15, 0.2) is 48.7 Å². The van der Waals surface area contributed by atoms with Gasteiger partial charge in [-0.2, -0.15) is 0 Å². The summed E-state index contributed by atoms with van der Waals surface area (Å²) >= 11 is 6.25. The number of hydrogen-bond donors (Lipinski definition) is 1. The van der Waals surface area contributed by atoms with Gasteiger partial charge in [0.25, 0.3) is 5.91 Å². The van der Waals surface area contributed by atoms with Gasteiger partial charge in [0.1, 0.15) is 11.6 Å². The second-order valence-corrected chi connectivity index (χ2v) is 7.91. The lowest BCUT2D eigenvalue weighted by Crippen LogP contribution is -2.55. The highest BCUT2D eigenvalue weighted by atomic mass is 35.5. The Labute approximate surface area is 179 Å². The number of carbonyl (C=O) groups is 1. The molecule has 1 aliphatic rings. The number of carbonyl (C=O) groups excluding carboxylic acids is 1. The summed E-state index contributed by atoms with van der Waals surface area (Å²) in [4.78, 5) is 19.1. The average molecular weight is 428 g/mol. The van der Waals surface area contributed by atoms with Gasteiger partial charge in [0.15, 0.2) is 6.10 Å². The van der Waals surface area contributed by atoms with E-state index in [4.69, 9.17) is 16.3 Å². The zero-order chi connectivity index (χ0) is 21.3. The SMILES string of the molecule is CC1CNCCN1C(=O)[C@@H](C)Oc1ccc2c(-c3ccc(F)cc3Cl)ccnc2c1. The molecule has 1 aromatic heterocycles. The molecule has 1 unspecified atom stereocenters. The van der Waals surface area contributed by atoms with Crippen molar-refractivity contribution in [1.82, 2.24) is 15.2 Å². The van der Waals surface area contributed by atoms with E-state index in [-0.39, 0.29) is 17.8 Å². The van der Waals surface area contributed by atoms with Crippen molar-refractivity contribution in [3.05, 3.63) is 59.5 Å². The maximum absolute atomic E-state index is 13.4. The largest absolute Gasteiger partial charge is 0.481 e. The van der Waals surface area contributed by atoms with E-state index in [1.807, 2.05) is 30.0 Å². The molecule has 1 aliphatic heterocycles. The molecule has 2 aromatic carbocycles. The Balaban J connectivity index is 1.59. The molecule has 156 valence electrons. The Hall–Kier alpha value is -2.70. The summed E-state index contributed by atoms with van der Waals surface area (Å²) < 4.78 is 19.4. The van der Waals surface area contributed by atoms with E-state index in [0.29, 0.717) is 22.8 Å². The molecule has 0 saturated carbocycles. The van der Waals surface area contributed by atoms with Gasteiger partial charge in [-0.25, -0.2) is 4.39 Å². The Morgan fingerprint density at radius 2 is 2.10 bits per heavy atom.